The van der Waals surface area contributed by atoms with Crippen molar-refractivity contribution >= 4 is 46.1 Å². The Morgan fingerprint density at radius 1 is 1.15 bits per heavy atom. The van der Waals surface area contributed by atoms with Crippen LogP contribution in [0.25, 0.3) is 11.3 Å². The van der Waals surface area contributed by atoms with E-state index in [1.54, 1.807) is 60.5 Å². The van der Waals surface area contributed by atoms with Crippen molar-refractivity contribution in [3.8, 4) is 11.3 Å². The Labute approximate surface area is 204 Å². The highest BCUT2D eigenvalue weighted by molar-refractivity contribution is 7.16. The topological polar surface area (TPSA) is 78.2 Å². The molecule has 0 bridgehead atoms. The predicted molar refractivity (Wildman–Crippen MR) is 132 cm³/mol. The van der Waals surface area contributed by atoms with Gasteiger partial charge in [-0.25, -0.2) is 4.68 Å². The molecule has 0 spiro atoms. The molecule has 7 nitrogen and oxygen atoms in total. The molecule has 10 heteroatoms. The van der Waals surface area contributed by atoms with E-state index in [0.29, 0.717) is 51.6 Å². The number of aromatic nitrogens is 3. The minimum atomic E-state index is -0.398. The third-order valence-electron chi connectivity index (χ3n) is 4.92. The molecule has 170 valence electrons. The number of carbonyl (C=O) groups excluding carboxylic acids is 1. The maximum absolute atomic E-state index is 13.1. The number of nitrogens with one attached hydrogen (secondary N) is 1. The lowest BCUT2D eigenvalue weighted by Gasteiger charge is -2.08. The number of rotatable bonds is 8. The van der Waals surface area contributed by atoms with Gasteiger partial charge < -0.3 is 14.6 Å². The summed E-state index contributed by atoms with van der Waals surface area (Å²) in [6, 6.07) is 13.9. The zero-order chi connectivity index (χ0) is 23.4. The van der Waals surface area contributed by atoms with Crippen molar-refractivity contribution in [3.63, 3.8) is 0 Å². The number of anilines is 1. The molecule has 0 fully saturated rings. The molecule has 0 saturated heterocycles. The molecular formula is C23H20Cl2N4O3S. The maximum atomic E-state index is 13.1. The standard InChI is InChI=1S/C23H20Cl2N4O3S/c1-32-12-11-28-10-4-6-17(22(28)30)21-19(26-13-15-8-9-20(25)33-15)14-29(27-21)23(31)16-5-2-3-7-18(16)24/h2-10,14,26H,11-13H2,1H3. The summed E-state index contributed by atoms with van der Waals surface area (Å²) in [5.74, 6) is -0.398. The average Bonchev–Trinajstić information content (AvgIpc) is 3.43. The van der Waals surface area contributed by atoms with E-state index in [1.807, 2.05) is 12.1 Å². The quantitative estimate of drug-likeness (QED) is 0.365. The van der Waals surface area contributed by atoms with E-state index in [4.69, 9.17) is 27.9 Å². The zero-order valence-corrected chi connectivity index (χ0v) is 20.0. The van der Waals surface area contributed by atoms with Crippen LogP contribution >= 0.6 is 34.5 Å². The predicted octanol–water partition coefficient (Wildman–Crippen LogP) is 5.03. The molecule has 0 unspecified atom stereocenters. The van der Waals surface area contributed by atoms with E-state index in [2.05, 4.69) is 10.4 Å². The number of methoxy groups -OCH3 is 1. The van der Waals surface area contributed by atoms with Crippen LogP contribution in [0.15, 0.2) is 65.7 Å². The number of hydrogen-bond acceptors (Lipinski definition) is 6. The van der Waals surface area contributed by atoms with Crippen LogP contribution < -0.4 is 10.9 Å². The molecule has 4 aromatic rings. The lowest BCUT2D eigenvalue weighted by atomic mass is 10.2. The van der Waals surface area contributed by atoms with Gasteiger partial charge in [-0.1, -0.05) is 35.3 Å². The van der Waals surface area contributed by atoms with Gasteiger partial charge in [-0.05, 0) is 36.4 Å². The van der Waals surface area contributed by atoms with Gasteiger partial charge in [0.1, 0.15) is 5.69 Å². The normalized spacial score (nSPS) is 11.0. The van der Waals surface area contributed by atoms with E-state index in [9.17, 15) is 9.59 Å². The summed E-state index contributed by atoms with van der Waals surface area (Å²) in [6.07, 6.45) is 3.26. The molecule has 4 rings (SSSR count). The summed E-state index contributed by atoms with van der Waals surface area (Å²) in [6.45, 7) is 1.26. The van der Waals surface area contributed by atoms with Crippen molar-refractivity contribution in [1.29, 1.82) is 0 Å². The van der Waals surface area contributed by atoms with Gasteiger partial charge >= 0.3 is 0 Å². The second-order valence-corrected chi connectivity index (χ2v) is 9.30. The van der Waals surface area contributed by atoms with Crippen LogP contribution in [0.2, 0.25) is 9.36 Å². The fourth-order valence-electron chi connectivity index (χ4n) is 3.28. The Morgan fingerprint density at radius 2 is 1.97 bits per heavy atom. The Kier molecular flexibility index (Phi) is 7.29. The maximum Gasteiger partial charge on any atom is 0.279 e. The first-order valence-corrected chi connectivity index (χ1v) is 11.6. The fourth-order valence-corrected chi connectivity index (χ4v) is 4.52. The van der Waals surface area contributed by atoms with Crippen LogP contribution in [0.1, 0.15) is 15.2 Å². The van der Waals surface area contributed by atoms with Crippen LogP contribution in [0.3, 0.4) is 0 Å². The van der Waals surface area contributed by atoms with Crippen LogP contribution in [0.4, 0.5) is 5.69 Å². The van der Waals surface area contributed by atoms with Gasteiger partial charge in [0.05, 0.1) is 39.0 Å². The molecule has 33 heavy (non-hydrogen) atoms. The second kappa shape index (κ2) is 10.4. The lowest BCUT2D eigenvalue weighted by Crippen LogP contribution is -2.23. The van der Waals surface area contributed by atoms with Gasteiger partial charge in [-0.15, -0.1) is 11.3 Å². The van der Waals surface area contributed by atoms with Crippen molar-refractivity contribution in [3.05, 3.63) is 91.1 Å². The van der Waals surface area contributed by atoms with Gasteiger partial charge in [-0.3, -0.25) is 9.59 Å². The first-order chi connectivity index (χ1) is 16.0. The van der Waals surface area contributed by atoms with E-state index in [-0.39, 0.29) is 5.56 Å². The number of benzene rings is 1. The first kappa shape index (κ1) is 23.3. The number of hydrogen-bond donors (Lipinski definition) is 1. The van der Waals surface area contributed by atoms with E-state index in [0.717, 1.165) is 4.88 Å². The Bertz CT molecular complexity index is 1350. The number of pyridine rings is 1. The van der Waals surface area contributed by atoms with Gasteiger partial charge in [-0.2, -0.15) is 5.10 Å². The SMILES string of the molecule is COCCn1cccc(-c2nn(C(=O)c3ccccc3Cl)cc2NCc2ccc(Cl)s2)c1=O. The van der Waals surface area contributed by atoms with Gasteiger partial charge in [0.25, 0.3) is 11.5 Å². The molecule has 0 aliphatic rings. The molecule has 0 saturated carbocycles. The third kappa shape index (κ3) is 5.20. The molecular weight excluding hydrogens is 483 g/mol. The van der Waals surface area contributed by atoms with Crippen molar-refractivity contribution in [2.24, 2.45) is 0 Å². The summed E-state index contributed by atoms with van der Waals surface area (Å²) >= 11 is 13.7. The van der Waals surface area contributed by atoms with Gasteiger partial charge in [0.15, 0.2) is 0 Å². The molecule has 0 amide bonds. The number of thiophene rings is 1. The smallest absolute Gasteiger partial charge is 0.279 e. The highest BCUT2D eigenvalue weighted by atomic mass is 35.5. The summed E-state index contributed by atoms with van der Waals surface area (Å²) < 4.78 is 8.53. The minimum Gasteiger partial charge on any atom is -0.383 e. The monoisotopic (exact) mass is 502 g/mol. The lowest BCUT2D eigenvalue weighted by molar-refractivity contribution is 0.0945. The highest BCUT2D eigenvalue weighted by Crippen LogP contribution is 2.28. The molecule has 0 aliphatic carbocycles. The largest absolute Gasteiger partial charge is 0.383 e. The third-order valence-corrected chi connectivity index (χ3v) is 6.48. The summed E-state index contributed by atoms with van der Waals surface area (Å²) in [7, 11) is 1.58. The Morgan fingerprint density at radius 3 is 2.70 bits per heavy atom. The van der Waals surface area contributed by atoms with Crippen molar-refractivity contribution < 1.29 is 9.53 Å². The summed E-state index contributed by atoms with van der Waals surface area (Å²) in [5, 5.41) is 8.08. The summed E-state index contributed by atoms with van der Waals surface area (Å²) in [4.78, 5) is 27.2. The Balaban J connectivity index is 1.75. The van der Waals surface area contributed by atoms with Crippen molar-refractivity contribution in [1.82, 2.24) is 14.3 Å². The zero-order valence-electron chi connectivity index (χ0n) is 17.6. The van der Waals surface area contributed by atoms with E-state index < -0.39 is 5.91 Å². The number of ether oxygens (including phenoxy) is 1. The number of halogens is 2. The van der Waals surface area contributed by atoms with Gasteiger partial charge in [0, 0.05) is 31.3 Å². The van der Waals surface area contributed by atoms with Crippen LogP contribution in [-0.4, -0.2) is 34.0 Å². The number of nitrogens with zero attached hydrogens (tertiary/aromatic N) is 3. The van der Waals surface area contributed by atoms with E-state index in [1.165, 1.54) is 16.0 Å². The van der Waals surface area contributed by atoms with Crippen LogP contribution in [0, 0.1) is 0 Å². The molecule has 1 aromatic carbocycles. The minimum absolute atomic E-state index is 0.229. The molecule has 1 N–H and O–H groups in total. The number of carbonyl (C=O) groups is 1. The van der Waals surface area contributed by atoms with E-state index >= 15 is 0 Å². The molecule has 3 heterocycles. The van der Waals surface area contributed by atoms with Crippen LogP contribution in [0.5, 0.6) is 0 Å². The first-order valence-electron chi connectivity index (χ1n) is 10.0. The summed E-state index contributed by atoms with van der Waals surface area (Å²) in [5.41, 5.74) is 1.37. The molecule has 0 radical (unpaired) electrons. The van der Waals surface area contributed by atoms with Crippen molar-refractivity contribution in [2.75, 3.05) is 19.0 Å². The second-order valence-electron chi connectivity index (χ2n) is 7.09. The Hall–Kier alpha value is -2.91. The van der Waals surface area contributed by atoms with Crippen molar-refractivity contribution in [2.45, 2.75) is 13.1 Å². The van der Waals surface area contributed by atoms with Gasteiger partial charge in [0.2, 0.25) is 0 Å². The average molecular weight is 503 g/mol. The molecule has 0 atom stereocenters. The fraction of sp³-hybridized carbons (Fsp3) is 0.174. The highest BCUT2D eigenvalue weighted by Gasteiger charge is 2.20. The molecule has 0 aliphatic heterocycles. The van der Waals surface area contributed by atoms with Crippen LogP contribution in [-0.2, 0) is 17.8 Å². The molecule has 3 aromatic heterocycles.